The minimum atomic E-state index is -4.78. The van der Waals surface area contributed by atoms with E-state index in [1.807, 2.05) is 6.92 Å². The first-order chi connectivity index (χ1) is 9.77. The number of nitrogens with zero attached hydrogens (tertiary/aromatic N) is 1. The van der Waals surface area contributed by atoms with Gasteiger partial charge >= 0.3 is 11.9 Å². The normalized spacial score (nSPS) is 12.8. The van der Waals surface area contributed by atoms with Gasteiger partial charge in [-0.2, -0.15) is 13.2 Å². The predicted octanol–water partition coefficient (Wildman–Crippen LogP) is 2.75. The average molecular weight is 307 g/mol. The Labute approximate surface area is 119 Å². The summed E-state index contributed by atoms with van der Waals surface area (Å²) in [6.07, 6.45) is -6.63. The minimum absolute atomic E-state index is 0.0793. The number of nitro groups is 1. The maximum Gasteiger partial charge on any atom is 0.416 e. The fourth-order valence-corrected chi connectivity index (χ4v) is 1.61. The Kier molecular flexibility index (Phi) is 5.77. The molecule has 0 spiro atoms. The molecule has 0 saturated carbocycles. The second kappa shape index (κ2) is 7.11. The summed E-state index contributed by atoms with van der Waals surface area (Å²) in [6.45, 7) is 1.51. The summed E-state index contributed by atoms with van der Waals surface area (Å²) in [5.74, 6) is 0. The van der Waals surface area contributed by atoms with Crippen molar-refractivity contribution in [1.82, 2.24) is 0 Å². The number of para-hydroxylation sites is 1. The smallest absolute Gasteiger partial charge is 0.382 e. The van der Waals surface area contributed by atoms with Gasteiger partial charge in [0.15, 0.2) is 6.10 Å². The molecule has 0 radical (unpaired) electrons. The van der Waals surface area contributed by atoms with Crippen LogP contribution in [0.1, 0.15) is 13.3 Å². The molecule has 0 aliphatic rings. The van der Waals surface area contributed by atoms with Gasteiger partial charge in [0, 0.05) is 13.1 Å². The number of aliphatic hydroxyl groups is 1. The van der Waals surface area contributed by atoms with Gasteiger partial charge in [-0.15, -0.1) is 0 Å². The molecule has 0 aromatic heterocycles. The molecule has 9 heteroatoms. The third-order valence-electron chi connectivity index (χ3n) is 2.65. The lowest BCUT2D eigenvalue weighted by atomic mass is 10.2. The van der Waals surface area contributed by atoms with E-state index in [0.717, 1.165) is 6.42 Å². The van der Waals surface area contributed by atoms with Crippen LogP contribution in [-0.4, -0.2) is 35.4 Å². The van der Waals surface area contributed by atoms with E-state index in [4.69, 9.17) is 5.11 Å². The summed E-state index contributed by atoms with van der Waals surface area (Å²) in [6, 6.07) is 4.24. The molecular formula is C12H16F3N3O3. The van der Waals surface area contributed by atoms with E-state index in [1.54, 1.807) is 0 Å². The third kappa shape index (κ3) is 4.78. The zero-order valence-corrected chi connectivity index (χ0v) is 11.3. The number of hydrogen-bond acceptors (Lipinski definition) is 5. The zero-order valence-electron chi connectivity index (χ0n) is 11.3. The Morgan fingerprint density at radius 1 is 1.33 bits per heavy atom. The van der Waals surface area contributed by atoms with Crippen molar-refractivity contribution in [3.8, 4) is 0 Å². The summed E-state index contributed by atoms with van der Waals surface area (Å²) in [5.41, 5.74) is -0.210. The second-order valence-electron chi connectivity index (χ2n) is 4.32. The summed E-state index contributed by atoms with van der Waals surface area (Å²) in [5, 5.41) is 25.1. The minimum Gasteiger partial charge on any atom is -0.382 e. The molecular weight excluding hydrogens is 291 g/mol. The first-order valence-electron chi connectivity index (χ1n) is 6.27. The lowest BCUT2D eigenvalue weighted by molar-refractivity contribution is -0.383. The molecule has 21 heavy (non-hydrogen) atoms. The summed E-state index contributed by atoms with van der Waals surface area (Å²) in [7, 11) is 0. The predicted molar refractivity (Wildman–Crippen MR) is 72.4 cm³/mol. The van der Waals surface area contributed by atoms with E-state index >= 15 is 0 Å². The van der Waals surface area contributed by atoms with Gasteiger partial charge in [-0.1, -0.05) is 13.0 Å². The van der Waals surface area contributed by atoms with Crippen molar-refractivity contribution in [2.24, 2.45) is 0 Å². The van der Waals surface area contributed by atoms with Crippen LogP contribution in [0.5, 0.6) is 0 Å². The maximum atomic E-state index is 12.2. The first-order valence-corrected chi connectivity index (χ1v) is 6.27. The molecule has 0 heterocycles. The number of halogens is 3. The number of nitro benzene ring substituents is 1. The largest absolute Gasteiger partial charge is 0.416 e. The highest BCUT2D eigenvalue weighted by Crippen LogP contribution is 2.33. The number of alkyl halides is 3. The highest BCUT2D eigenvalue weighted by atomic mass is 19.4. The first kappa shape index (κ1) is 17.0. The number of benzene rings is 1. The van der Waals surface area contributed by atoms with Crippen molar-refractivity contribution in [3.05, 3.63) is 28.3 Å². The Morgan fingerprint density at radius 3 is 2.38 bits per heavy atom. The molecule has 6 nitrogen and oxygen atoms in total. The zero-order chi connectivity index (χ0) is 16.0. The molecule has 0 fully saturated rings. The highest BCUT2D eigenvalue weighted by molar-refractivity contribution is 5.76. The summed E-state index contributed by atoms with van der Waals surface area (Å²) < 4.78 is 36.7. The van der Waals surface area contributed by atoms with Crippen LogP contribution in [0, 0.1) is 10.1 Å². The van der Waals surface area contributed by atoms with E-state index in [1.165, 1.54) is 18.2 Å². The summed E-state index contributed by atoms with van der Waals surface area (Å²) in [4.78, 5) is 10.4. The molecule has 1 aromatic rings. The molecule has 0 aliphatic carbocycles. The lowest BCUT2D eigenvalue weighted by Gasteiger charge is -2.16. The molecule has 1 rings (SSSR count). The monoisotopic (exact) mass is 307 g/mol. The lowest BCUT2D eigenvalue weighted by Crippen LogP contribution is -2.35. The fraction of sp³-hybridized carbons (Fsp3) is 0.500. The number of anilines is 2. The average Bonchev–Trinajstić information content (AvgIpc) is 2.40. The molecule has 0 amide bonds. The van der Waals surface area contributed by atoms with Crippen molar-refractivity contribution in [2.75, 3.05) is 23.7 Å². The third-order valence-corrected chi connectivity index (χ3v) is 2.65. The maximum absolute atomic E-state index is 12.2. The quantitative estimate of drug-likeness (QED) is 0.532. The summed E-state index contributed by atoms with van der Waals surface area (Å²) >= 11 is 0. The van der Waals surface area contributed by atoms with Gasteiger partial charge < -0.3 is 15.7 Å². The van der Waals surface area contributed by atoms with Crippen molar-refractivity contribution >= 4 is 17.1 Å². The Balaban J connectivity index is 2.93. The highest BCUT2D eigenvalue weighted by Gasteiger charge is 2.38. The molecule has 1 unspecified atom stereocenters. The van der Waals surface area contributed by atoms with Crippen LogP contribution in [0.2, 0.25) is 0 Å². The Morgan fingerprint density at radius 2 is 1.90 bits per heavy atom. The molecule has 1 atom stereocenters. The second-order valence-corrected chi connectivity index (χ2v) is 4.32. The van der Waals surface area contributed by atoms with Gasteiger partial charge in [0.1, 0.15) is 11.4 Å². The standard InChI is InChI=1S/C12H16F3N3O3/c1-2-6-16-8-4-3-5-9(11(8)18(20)21)17-7-10(19)12(13,14)15/h3-5,10,16-17,19H,2,6-7H2,1H3. The van der Waals surface area contributed by atoms with Crippen LogP contribution in [0.15, 0.2) is 18.2 Å². The number of aliphatic hydroxyl groups excluding tert-OH is 1. The van der Waals surface area contributed by atoms with E-state index in [9.17, 15) is 23.3 Å². The van der Waals surface area contributed by atoms with Crippen LogP contribution >= 0.6 is 0 Å². The number of hydrogen-bond donors (Lipinski definition) is 3. The van der Waals surface area contributed by atoms with Gasteiger partial charge in [-0.3, -0.25) is 10.1 Å². The van der Waals surface area contributed by atoms with Crippen LogP contribution in [0.3, 0.4) is 0 Å². The van der Waals surface area contributed by atoms with Crippen molar-refractivity contribution in [1.29, 1.82) is 0 Å². The van der Waals surface area contributed by atoms with Gasteiger partial charge in [0.25, 0.3) is 0 Å². The van der Waals surface area contributed by atoms with Crippen LogP contribution in [-0.2, 0) is 0 Å². The molecule has 3 N–H and O–H groups in total. The molecule has 0 aliphatic heterocycles. The van der Waals surface area contributed by atoms with E-state index in [-0.39, 0.29) is 17.1 Å². The molecule has 1 aromatic carbocycles. The Bertz CT molecular complexity index is 494. The van der Waals surface area contributed by atoms with Crippen molar-refractivity contribution < 1.29 is 23.2 Å². The molecule has 0 saturated heterocycles. The molecule has 118 valence electrons. The molecule has 0 bridgehead atoms. The van der Waals surface area contributed by atoms with Crippen LogP contribution in [0.4, 0.5) is 30.2 Å². The van der Waals surface area contributed by atoms with Crippen LogP contribution < -0.4 is 10.6 Å². The number of nitrogens with one attached hydrogen (secondary N) is 2. The van der Waals surface area contributed by atoms with Gasteiger partial charge in [-0.25, -0.2) is 0 Å². The van der Waals surface area contributed by atoms with Crippen molar-refractivity contribution in [2.45, 2.75) is 25.6 Å². The van der Waals surface area contributed by atoms with E-state index < -0.39 is 23.7 Å². The van der Waals surface area contributed by atoms with Gasteiger partial charge in [0.05, 0.1) is 4.92 Å². The van der Waals surface area contributed by atoms with Crippen molar-refractivity contribution in [3.63, 3.8) is 0 Å². The SMILES string of the molecule is CCCNc1cccc(NCC(O)C(F)(F)F)c1[N+](=O)[O-]. The van der Waals surface area contributed by atoms with Gasteiger partial charge in [0.2, 0.25) is 0 Å². The Hall–Kier alpha value is -2.03. The van der Waals surface area contributed by atoms with E-state index in [2.05, 4.69) is 10.6 Å². The van der Waals surface area contributed by atoms with Gasteiger partial charge in [-0.05, 0) is 18.6 Å². The fourth-order valence-electron chi connectivity index (χ4n) is 1.61. The van der Waals surface area contributed by atoms with Crippen LogP contribution in [0.25, 0.3) is 0 Å². The van der Waals surface area contributed by atoms with E-state index in [0.29, 0.717) is 6.54 Å². The number of rotatable bonds is 7. The topological polar surface area (TPSA) is 87.4 Å².